The molecule has 0 saturated heterocycles. The fourth-order valence-electron chi connectivity index (χ4n) is 4.29. The zero-order valence-electron chi connectivity index (χ0n) is 20.8. The molecule has 0 atom stereocenters. The van der Waals surface area contributed by atoms with Gasteiger partial charge in [0, 0.05) is 41.3 Å². The Hall–Kier alpha value is -3.42. The minimum atomic E-state index is -0.869. The van der Waals surface area contributed by atoms with Crippen LogP contribution in [0.2, 0.25) is 0 Å². The molecule has 0 amide bonds. The molecule has 2 aliphatic rings. The predicted octanol–water partition coefficient (Wildman–Crippen LogP) is 4.53. The molecular weight excluding hydrogens is 446 g/mol. The van der Waals surface area contributed by atoms with Gasteiger partial charge in [-0.1, -0.05) is 26.8 Å². The summed E-state index contributed by atoms with van der Waals surface area (Å²) in [7, 11) is 1.52. The lowest BCUT2D eigenvalue weighted by molar-refractivity contribution is -0.137. The maximum atomic E-state index is 13.4. The van der Waals surface area contributed by atoms with E-state index in [-0.39, 0.29) is 36.6 Å². The number of hydrogen-bond acceptors (Lipinski definition) is 6. The Morgan fingerprint density at radius 1 is 1.23 bits per heavy atom. The van der Waals surface area contributed by atoms with Gasteiger partial charge in [-0.3, -0.25) is 15.0 Å². The predicted molar refractivity (Wildman–Crippen MR) is 132 cm³/mol. The molecule has 0 bridgehead atoms. The second-order valence-corrected chi connectivity index (χ2v) is 10.3. The molecule has 0 unspecified atom stereocenters. The smallest absolute Gasteiger partial charge is 0.303 e. The van der Waals surface area contributed by atoms with Gasteiger partial charge >= 0.3 is 5.97 Å². The van der Waals surface area contributed by atoms with Crippen molar-refractivity contribution >= 4 is 17.6 Å². The van der Waals surface area contributed by atoms with Crippen LogP contribution in [0.25, 0.3) is 0 Å². The van der Waals surface area contributed by atoms with Crippen molar-refractivity contribution < 1.29 is 24.2 Å². The molecule has 8 nitrogen and oxygen atoms in total. The Balaban J connectivity index is 1.54. The summed E-state index contributed by atoms with van der Waals surface area (Å²) in [6, 6.07) is 7.57. The van der Waals surface area contributed by atoms with Gasteiger partial charge in [0.05, 0.1) is 20.3 Å². The molecule has 2 N–H and O–H groups in total. The Morgan fingerprint density at radius 2 is 1.97 bits per heavy atom. The lowest BCUT2D eigenvalue weighted by atomic mass is 9.84. The lowest BCUT2D eigenvalue weighted by Gasteiger charge is -2.26. The number of ketones is 1. The lowest BCUT2D eigenvalue weighted by Crippen LogP contribution is -2.30. The second-order valence-electron chi connectivity index (χ2n) is 10.3. The monoisotopic (exact) mass is 479 g/mol. The first-order valence-electron chi connectivity index (χ1n) is 12.0. The quantitative estimate of drug-likeness (QED) is 0.380. The summed E-state index contributed by atoms with van der Waals surface area (Å²) in [6.07, 6.45) is 2.69. The maximum Gasteiger partial charge on any atom is 0.303 e. The van der Waals surface area contributed by atoms with Crippen molar-refractivity contribution in [3.63, 3.8) is 0 Å². The van der Waals surface area contributed by atoms with Gasteiger partial charge in [-0.15, -0.1) is 0 Å². The number of hydrogen-bond donors (Lipinski definition) is 2. The van der Waals surface area contributed by atoms with Crippen molar-refractivity contribution in [3.05, 3.63) is 52.3 Å². The highest BCUT2D eigenvalue weighted by Gasteiger charge is 2.32. The Kier molecular flexibility index (Phi) is 6.83. The van der Waals surface area contributed by atoms with Gasteiger partial charge in [-0.2, -0.15) is 0 Å². The normalized spacial score (nSPS) is 15.2. The first-order valence-corrected chi connectivity index (χ1v) is 12.0. The molecular formula is C27H33N3O5. The minimum absolute atomic E-state index is 0.0188. The number of nitrogens with one attached hydrogen (secondary N) is 1. The number of methoxy groups -OCH3 is 1. The fraction of sp³-hybridized carbons (Fsp3) is 0.481. The third-order valence-corrected chi connectivity index (χ3v) is 6.42. The maximum absolute atomic E-state index is 13.4. The highest BCUT2D eigenvalue weighted by atomic mass is 16.5. The van der Waals surface area contributed by atoms with Crippen LogP contribution >= 0.6 is 0 Å². The summed E-state index contributed by atoms with van der Waals surface area (Å²) in [6.45, 7) is 6.87. The third kappa shape index (κ3) is 5.47. The Bertz CT molecular complexity index is 1160. The van der Waals surface area contributed by atoms with E-state index in [2.05, 4.69) is 0 Å². The molecule has 186 valence electrons. The SMILES string of the molecule is COc1cc(C(=O)CN2Cc3ccc(C4CC4)nc3C2=N)cc(C(C)(C)C)c1OCCCC(=O)O. The number of carbonyl (C=O) groups excluding carboxylic acids is 1. The van der Waals surface area contributed by atoms with Crippen molar-refractivity contribution in [2.45, 2.75) is 64.3 Å². The highest BCUT2D eigenvalue weighted by molar-refractivity contribution is 6.04. The van der Waals surface area contributed by atoms with E-state index in [0.717, 1.165) is 29.7 Å². The van der Waals surface area contributed by atoms with Crippen LogP contribution in [0.15, 0.2) is 24.3 Å². The van der Waals surface area contributed by atoms with E-state index in [1.54, 1.807) is 11.0 Å². The van der Waals surface area contributed by atoms with Crippen LogP contribution < -0.4 is 9.47 Å². The van der Waals surface area contributed by atoms with E-state index in [4.69, 9.17) is 25.0 Å². The molecule has 1 fully saturated rings. The van der Waals surface area contributed by atoms with Crippen LogP contribution in [0.5, 0.6) is 11.5 Å². The van der Waals surface area contributed by atoms with Crippen LogP contribution in [0.1, 0.15) is 85.2 Å². The fourth-order valence-corrected chi connectivity index (χ4v) is 4.29. The van der Waals surface area contributed by atoms with Gasteiger partial charge in [0.2, 0.25) is 0 Å². The summed E-state index contributed by atoms with van der Waals surface area (Å²) < 4.78 is 11.5. The van der Waals surface area contributed by atoms with E-state index >= 15 is 0 Å². The number of carboxylic acid groups (broad SMARTS) is 1. The van der Waals surface area contributed by atoms with Crippen molar-refractivity contribution in [2.24, 2.45) is 0 Å². The number of ether oxygens (including phenoxy) is 2. The first kappa shape index (κ1) is 24.7. The van der Waals surface area contributed by atoms with E-state index in [1.165, 1.54) is 7.11 Å². The van der Waals surface area contributed by atoms with Gasteiger partial charge in [0.15, 0.2) is 17.3 Å². The number of Topliss-reactive ketones (excluding diaryl/α,β-unsaturated/α-hetero) is 1. The third-order valence-electron chi connectivity index (χ3n) is 6.42. The van der Waals surface area contributed by atoms with E-state index < -0.39 is 5.97 Å². The largest absolute Gasteiger partial charge is 0.493 e. The average Bonchev–Trinajstić information content (AvgIpc) is 3.61. The van der Waals surface area contributed by atoms with Gasteiger partial charge in [-0.05, 0) is 42.9 Å². The van der Waals surface area contributed by atoms with Crippen molar-refractivity contribution in [1.82, 2.24) is 9.88 Å². The average molecular weight is 480 g/mol. The molecule has 1 saturated carbocycles. The molecule has 2 aromatic rings. The second kappa shape index (κ2) is 9.68. The number of aromatic nitrogens is 1. The van der Waals surface area contributed by atoms with E-state index in [9.17, 15) is 9.59 Å². The number of nitrogens with zero attached hydrogens (tertiary/aromatic N) is 2. The summed E-state index contributed by atoms with van der Waals surface area (Å²) in [4.78, 5) is 30.6. The van der Waals surface area contributed by atoms with Crippen LogP contribution in [0, 0.1) is 5.41 Å². The Morgan fingerprint density at radius 3 is 2.60 bits per heavy atom. The van der Waals surface area contributed by atoms with Gasteiger partial charge < -0.3 is 19.5 Å². The zero-order valence-corrected chi connectivity index (χ0v) is 20.8. The number of fused-ring (bicyclic) bond motifs is 1. The zero-order chi connectivity index (χ0) is 25.3. The highest BCUT2D eigenvalue weighted by Crippen LogP contribution is 2.41. The van der Waals surface area contributed by atoms with Crippen molar-refractivity contribution in [2.75, 3.05) is 20.3 Å². The van der Waals surface area contributed by atoms with E-state index in [1.807, 2.05) is 39.0 Å². The number of benzene rings is 1. The molecule has 1 aliphatic carbocycles. The number of carboxylic acids is 1. The van der Waals surface area contributed by atoms with Crippen LogP contribution in [-0.4, -0.2) is 52.8 Å². The molecule has 4 rings (SSSR count). The van der Waals surface area contributed by atoms with E-state index in [0.29, 0.717) is 41.6 Å². The standard InChI is InChI=1S/C27H33N3O5/c1-27(2,3)19-12-18(13-22(34-4)25(19)35-11-5-6-23(32)33)21(31)15-30-14-17-9-10-20(16-7-8-16)29-24(17)26(30)28/h9-10,12-13,16,28H,5-8,11,14-15H2,1-4H3,(H,32,33). The molecule has 1 aromatic carbocycles. The van der Waals surface area contributed by atoms with Gasteiger partial charge in [0.1, 0.15) is 11.5 Å². The van der Waals surface area contributed by atoms with Crippen LogP contribution in [-0.2, 0) is 16.8 Å². The molecule has 0 spiro atoms. The van der Waals surface area contributed by atoms with Crippen molar-refractivity contribution in [3.8, 4) is 11.5 Å². The Labute approximate surface area is 205 Å². The molecule has 1 aliphatic heterocycles. The number of rotatable bonds is 10. The molecule has 0 radical (unpaired) electrons. The summed E-state index contributed by atoms with van der Waals surface area (Å²) in [5.41, 5.74) is 3.66. The number of aliphatic carboxylic acids is 1. The summed E-state index contributed by atoms with van der Waals surface area (Å²) in [5.74, 6) is 0.776. The number of pyridine rings is 1. The van der Waals surface area contributed by atoms with Gasteiger partial charge in [-0.25, -0.2) is 4.98 Å². The molecule has 2 heterocycles. The minimum Gasteiger partial charge on any atom is -0.493 e. The summed E-state index contributed by atoms with van der Waals surface area (Å²) in [5, 5.41) is 17.5. The van der Waals surface area contributed by atoms with Crippen molar-refractivity contribution in [1.29, 1.82) is 5.41 Å². The first-order chi connectivity index (χ1) is 16.6. The van der Waals surface area contributed by atoms with Gasteiger partial charge in [0.25, 0.3) is 0 Å². The van der Waals surface area contributed by atoms with Crippen LogP contribution in [0.3, 0.4) is 0 Å². The molecule has 35 heavy (non-hydrogen) atoms. The van der Waals surface area contributed by atoms with Crippen LogP contribution in [0.4, 0.5) is 0 Å². The number of amidine groups is 1. The topological polar surface area (TPSA) is 113 Å². The summed E-state index contributed by atoms with van der Waals surface area (Å²) >= 11 is 0. The molecule has 8 heteroatoms. The molecule has 1 aromatic heterocycles. The number of carbonyl (C=O) groups is 2.